The molecule has 10 heteroatoms. The van der Waals surface area contributed by atoms with Crippen LogP contribution in [0.15, 0.2) is 66.7 Å². The van der Waals surface area contributed by atoms with Crippen LogP contribution in [0.4, 0.5) is 4.39 Å². The minimum absolute atomic E-state index is 0.0231. The summed E-state index contributed by atoms with van der Waals surface area (Å²) in [5.41, 5.74) is 1.91. The number of benzene rings is 3. The Labute approximate surface area is 275 Å². The van der Waals surface area contributed by atoms with Crippen molar-refractivity contribution in [3.63, 3.8) is 0 Å². The highest BCUT2D eigenvalue weighted by molar-refractivity contribution is 5.92. The van der Waals surface area contributed by atoms with Gasteiger partial charge in [-0.15, -0.1) is 0 Å². The van der Waals surface area contributed by atoms with Crippen LogP contribution in [-0.2, 0) is 32.0 Å². The summed E-state index contributed by atoms with van der Waals surface area (Å²) in [4.78, 5) is 59.8. The predicted molar refractivity (Wildman–Crippen MR) is 178 cm³/mol. The lowest BCUT2D eigenvalue weighted by molar-refractivity contribution is -0.154. The quantitative estimate of drug-likeness (QED) is 0.333. The lowest BCUT2D eigenvalue weighted by atomic mass is 9.80. The van der Waals surface area contributed by atoms with E-state index in [0.29, 0.717) is 32.4 Å². The molecule has 3 amide bonds. The average molecular weight is 642 g/mol. The minimum Gasteiger partial charge on any atom is -0.348 e. The van der Waals surface area contributed by atoms with Gasteiger partial charge in [0.05, 0.1) is 25.7 Å². The average Bonchev–Trinajstić information content (AvgIpc) is 3.42. The number of Topliss-reactive ketones (excluding diaryl/α,β-unsaturated/α-hetero) is 1. The van der Waals surface area contributed by atoms with Crippen molar-refractivity contribution in [3.8, 4) is 0 Å². The molecule has 0 spiro atoms. The van der Waals surface area contributed by atoms with Gasteiger partial charge in [-0.1, -0.05) is 67.4 Å². The van der Waals surface area contributed by atoms with Crippen molar-refractivity contribution >= 4 is 34.3 Å². The molecular formula is C37H44FN5O4. The second-order valence-electron chi connectivity index (χ2n) is 13.2. The first-order chi connectivity index (χ1) is 22.7. The van der Waals surface area contributed by atoms with E-state index in [9.17, 15) is 23.6 Å². The van der Waals surface area contributed by atoms with Gasteiger partial charge in [0, 0.05) is 24.9 Å². The Morgan fingerprint density at radius 2 is 1.68 bits per heavy atom. The van der Waals surface area contributed by atoms with Crippen molar-refractivity contribution in [1.29, 1.82) is 0 Å². The van der Waals surface area contributed by atoms with E-state index in [-0.39, 0.29) is 60.5 Å². The molecule has 2 saturated heterocycles. The molecule has 1 aliphatic carbocycles. The Morgan fingerprint density at radius 3 is 2.45 bits per heavy atom. The summed E-state index contributed by atoms with van der Waals surface area (Å²) in [5.74, 6) is -1.06. The molecule has 1 saturated carbocycles. The molecule has 248 valence electrons. The zero-order valence-corrected chi connectivity index (χ0v) is 27.2. The summed E-state index contributed by atoms with van der Waals surface area (Å²) in [6, 6.07) is 19.3. The second-order valence-corrected chi connectivity index (χ2v) is 13.2. The Bertz CT molecular complexity index is 1630. The second kappa shape index (κ2) is 14.3. The molecule has 9 nitrogen and oxygen atoms in total. The summed E-state index contributed by atoms with van der Waals surface area (Å²) in [6.07, 6.45) is 3.91. The molecule has 3 aromatic rings. The molecule has 47 heavy (non-hydrogen) atoms. The van der Waals surface area contributed by atoms with Crippen LogP contribution in [0.3, 0.4) is 0 Å². The van der Waals surface area contributed by atoms with E-state index < -0.39 is 12.1 Å². The fourth-order valence-corrected chi connectivity index (χ4v) is 7.56. The van der Waals surface area contributed by atoms with Gasteiger partial charge >= 0.3 is 0 Å². The van der Waals surface area contributed by atoms with Crippen molar-refractivity contribution in [2.75, 3.05) is 33.2 Å². The van der Waals surface area contributed by atoms with Gasteiger partial charge in [0.15, 0.2) is 5.78 Å². The van der Waals surface area contributed by atoms with Crippen molar-refractivity contribution in [3.05, 3.63) is 83.7 Å². The first kappa shape index (κ1) is 32.8. The van der Waals surface area contributed by atoms with Crippen LogP contribution in [-0.4, -0.2) is 95.7 Å². The topological polar surface area (TPSA) is 102 Å². The van der Waals surface area contributed by atoms with Gasteiger partial charge < -0.3 is 20.4 Å². The number of amides is 3. The molecule has 0 bridgehead atoms. The van der Waals surface area contributed by atoms with Crippen LogP contribution in [0.25, 0.3) is 10.8 Å². The van der Waals surface area contributed by atoms with E-state index in [1.807, 2.05) is 35.2 Å². The van der Waals surface area contributed by atoms with Crippen LogP contribution in [0, 0.1) is 11.7 Å². The maximum Gasteiger partial charge on any atom is 0.245 e. The number of hydrogen-bond acceptors (Lipinski definition) is 6. The summed E-state index contributed by atoms with van der Waals surface area (Å²) in [7, 11) is 1.70. The van der Waals surface area contributed by atoms with E-state index in [0.717, 1.165) is 41.2 Å². The molecule has 3 fully saturated rings. The highest BCUT2D eigenvalue weighted by Crippen LogP contribution is 2.36. The minimum atomic E-state index is -0.680. The highest BCUT2D eigenvalue weighted by Gasteiger charge is 2.53. The van der Waals surface area contributed by atoms with Crippen molar-refractivity contribution in [1.82, 2.24) is 25.3 Å². The van der Waals surface area contributed by atoms with Gasteiger partial charge in [0.1, 0.15) is 18.0 Å². The van der Waals surface area contributed by atoms with Crippen molar-refractivity contribution < 1.29 is 23.6 Å². The van der Waals surface area contributed by atoms with Crippen molar-refractivity contribution in [2.24, 2.45) is 5.92 Å². The maximum absolute atomic E-state index is 14.2. The monoisotopic (exact) mass is 641 g/mol. The molecule has 2 N–H and O–H groups in total. The highest BCUT2D eigenvalue weighted by atomic mass is 19.1. The fraction of sp³-hybridized carbons (Fsp3) is 0.459. The number of piperazine rings is 1. The Hall–Kier alpha value is -4.15. The molecule has 0 aromatic heterocycles. The first-order valence-corrected chi connectivity index (χ1v) is 16.8. The van der Waals surface area contributed by atoms with Crippen molar-refractivity contribution in [2.45, 2.75) is 69.7 Å². The Morgan fingerprint density at radius 1 is 0.957 bits per heavy atom. The number of carbonyl (C=O) groups excluding carboxylic acids is 4. The molecular weight excluding hydrogens is 597 g/mol. The zero-order chi connectivity index (χ0) is 33.1. The van der Waals surface area contributed by atoms with Gasteiger partial charge in [-0.25, -0.2) is 4.39 Å². The smallest absolute Gasteiger partial charge is 0.245 e. The summed E-state index contributed by atoms with van der Waals surface area (Å²) in [5, 5.41) is 7.86. The van der Waals surface area contributed by atoms with E-state index >= 15 is 0 Å². The molecule has 2 unspecified atom stereocenters. The third kappa shape index (κ3) is 7.09. The summed E-state index contributed by atoms with van der Waals surface area (Å²) >= 11 is 0. The SMILES string of the molecule is CN[C@@H](C)C(=O)NCC(=O)C1CCCCC1N1CC(=O)N2[C@@H]1CN(CCc1ccc(F)cc1)C(=O)[C@@H]2Cc1ccc2ccccc2c1. The number of ketones is 1. The zero-order valence-electron chi connectivity index (χ0n) is 27.2. The third-order valence-electron chi connectivity index (χ3n) is 10.3. The lowest BCUT2D eigenvalue weighted by Gasteiger charge is -2.47. The third-order valence-corrected chi connectivity index (χ3v) is 10.3. The number of nitrogens with one attached hydrogen (secondary N) is 2. The van der Waals surface area contributed by atoms with Gasteiger partial charge in [-0.05, 0) is 67.3 Å². The number of hydrogen-bond donors (Lipinski definition) is 2. The number of halogens is 1. The fourth-order valence-electron chi connectivity index (χ4n) is 7.56. The Balaban J connectivity index is 1.26. The van der Waals surface area contributed by atoms with E-state index in [4.69, 9.17) is 0 Å². The van der Waals surface area contributed by atoms with Gasteiger partial charge in [-0.3, -0.25) is 24.1 Å². The maximum atomic E-state index is 14.2. The van der Waals surface area contributed by atoms with Crippen LogP contribution in [0.1, 0.15) is 43.7 Å². The van der Waals surface area contributed by atoms with Gasteiger partial charge in [-0.2, -0.15) is 0 Å². The van der Waals surface area contributed by atoms with Crippen LogP contribution < -0.4 is 10.6 Å². The first-order valence-electron chi connectivity index (χ1n) is 16.8. The number of rotatable bonds is 11. The Kier molecular flexibility index (Phi) is 9.98. The molecule has 2 heterocycles. The standard InChI is InChI=1S/C37H44FN5O4/c1-24(39-2)36(46)40-21-33(44)30-9-5-6-10-31(30)42-23-35(45)43-32(20-26-11-14-27-7-3-4-8-28(27)19-26)37(47)41(22-34(42)43)18-17-25-12-15-29(38)16-13-25/h3-4,7-8,11-16,19,24,30-32,34,39H,5-6,9-10,17-18,20-23H2,1-2H3,(H,40,46)/t24-,30?,31?,32-,34+/m0/s1. The molecule has 0 radical (unpaired) electrons. The lowest BCUT2D eigenvalue weighted by Crippen LogP contribution is -2.65. The molecule has 3 aromatic carbocycles. The van der Waals surface area contributed by atoms with Crippen LogP contribution >= 0.6 is 0 Å². The summed E-state index contributed by atoms with van der Waals surface area (Å²) in [6.45, 7) is 2.63. The molecule has 6 rings (SSSR count). The van der Waals surface area contributed by atoms with Gasteiger partial charge in [0.2, 0.25) is 17.7 Å². The van der Waals surface area contributed by atoms with E-state index in [1.165, 1.54) is 12.1 Å². The number of carbonyl (C=O) groups is 4. The van der Waals surface area contributed by atoms with E-state index in [1.54, 1.807) is 31.0 Å². The molecule has 2 aliphatic heterocycles. The van der Waals surface area contributed by atoms with E-state index in [2.05, 4.69) is 27.7 Å². The number of nitrogens with zero attached hydrogens (tertiary/aromatic N) is 3. The largest absolute Gasteiger partial charge is 0.348 e. The normalized spacial score (nSPS) is 24.0. The number of likely N-dealkylation sites (N-methyl/N-ethyl adjacent to an activating group) is 1. The molecule has 3 aliphatic rings. The van der Waals surface area contributed by atoms with Crippen LogP contribution in [0.5, 0.6) is 0 Å². The number of fused-ring (bicyclic) bond motifs is 2. The van der Waals surface area contributed by atoms with Crippen LogP contribution in [0.2, 0.25) is 0 Å². The van der Waals surface area contributed by atoms with Gasteiger partial charge in [0.25, 0.3) is 0 Å². The molecule has 5 atom stereocenters. The summed E-state index contributed by atoms with van der Waals surface area (Å²) < 4.78 is 13.6. The predicted octanol–water partition coefficient (Wildman–Crippen LogP) is 3.30.